The largest absolute Gasteiger partial charge is 0.339 e. The summed E-state index contributed by atoms with van der Waals surface area (Å²) in [5.41, 5.74) is 0.804. The predicted molar refractivity (Wildman–Crippen MR) is 69.3 cm³/mol. The molecule has 0 radical (unpaired) electrons. The van der Waals surface area contributed by atoms with E-state index in [1.54, 1.807) is 15.9 Å². The Morgan fingerprint density at radius 2 is 2.35 bits per heavy atom. The molecular formula is C10H7BrN4OS. The van der Waals surface area contributed by atoms with Crippen molar-refractivity contribution in [3.63, 3.8) is 0 Å². The first-order chi connectivity index (χ1) is 8.24. The molecule has 0 aliphatic carbocycles. The van der Waals surface area contributed by atoms with Crippen LogP contribution in [0.2, 0.25) is 0 Å². The Morgan fingerprint density at radius 1 is 1.47 bits per heavy atom. The molecule has 1 N–H and O–H groups in total. The fourth-order valence-electron chi connectivity index (χ4n) is 1.58. The van der Waals surface area contributed by atoms with E-state index in [9.17, 15) is 4.79 Å². The number of aromatic amines is 1. The molecule has 0 fully saturated rings. The third-order valence-electron chi connectivity index (χ3n) is 2.36. The molecule has 0 unspecified atom stereocenters. The molecule has 0 amide bonds. The Morgan fingerprint density at radius 3 is 3.12 bits per heavy atom. The molecule has 0 saturated heterocycles. The Balaban J connectivity index is 2.06. The van der Waals surface area contributed by atoms with Crippen LogP contribution in [0.4, 0.5) is 0 Å². The van der Waals surface area contributed by atoms with Gasteiger partial charge in [0.25, 0.3) is 5.56 Å². The van der Waals surface area contributed by atoms with Crippen molar-refractivity contribution < 1.29 is 0 Å². The summed E-state index contributed by atoms with van der Waals surface area (Å²) < 4.78 is 2.60. The summed E-state index contributed by atoms with van der Waals surface area (Å²) in [4.78, 5) is 24.0. The molecule has 0 aliphatic rings. The summed E-state index contributed by atoms with van der Waals surface area (Å²) in [5, 5.41) is 1.99. The minimum Gasteiger partial charge on any atom is -0.339 e. The monoisotopic (exact) mass is 310 g/mol. The van der Waals surface area contributed by atoms with Gasteiger partial charge in [0.15, 0.2) is 11.2 Å². The van der Waals surface area contributed by atoms with Crippen molar-refractivity contribution in [2.75, 3.05) is 0 Å². The van der Waals surface area contributed by atoms with E-state index in [0.717, 1.165) is 9.35 Å². The minimum atomic E-state index is -0.1000. The van der Waals surface area contributed by atoms with E-state index < -0.39 is 0 Å². The standard InChI is InChI=1S/C10H7BrN4OS/c11-6-1-7(17-3-6)2-15-5-14-9-8(10(15)16)12-4-13-9/h1,3-5H,2H2,(H,12,13). The minimum absolute atomic E-state index is 0.1000. The molecule has 0 atom stereocenters. The number of nitrogens with one attached hydrogen (secondary N) is 1. The summed E-state index contributed by atoms with van der Waals surface area (Å²) in [6.45, 7) is 0.525. The maximum atomic E-state index is 12.0. The van der Waals surface area contributed by atoms with E-state index in [2.05, 4.69) is 30.9 Å². The Bertz CT molecular complexity index is 729. The Kier molecular flexibility index (Phi) is 2.56. The normalized spacial score (nSPS) is 11.1. The molecule has 3 aromatic rings. The van der Waals surface area contributed by atoms with E-state index in [-0.39, 0.29) is 5.56 Å². The molecule has 7 heteroatoms. The van der Waals surface area contributed by atoms with Crippen LogP contribution >= 0.6 is 27.3 Å². The van der Waals surface area contributed by atoms with E-state index >= 15 is 0 Å². The lowest BCUT2D eigenvalue weighted by Gasteiger charge is -2.01. The van der Waals surface area contributed by atoms with Crippen molar-refractivity contribution in [1.82, 2.24) is 19.5 Å². The number of rotatable bonds is 2. The molecule has 17 heavy (non-hydrogen) atoms. The average molecular weight is 311 g/mol. The highest BCUT2D eigenvalue weighted by Crippen LogP contribution is 2.20. The number of fused-ring (bicyclic) bond motifs is 1. The number of aromatic nitrogens is 4. The van der Waals surface area contributed by atoms with Gasteiger partial charge in [-0.2, -0.15) is 0 Å². The summed E-state index contributed by atoms with van der Waals surface area (Å²) in [6, 6.07) is 1.99. The SMILES string of the molecule is O=c1c2[nH]cnc2ncn1Cc1cc(Br)cs1. The zero-order valence-corrected chi connectivity index (χ0v) is 11.0. The molecule has 0 spiro atoms. The highest BCUT2D eigenvalue weighted by Gasteiger charge is 2.07. The van der Waals surface area contributed by atoms with Crippen LogP contribution in [-0.2, 0) is 6.54 Å². The predicted octanol–water partition coefficient (Wildman–Crippen LogP) is 1.99. The van der Waals surface area contributed by atoms with Crippen LogP contribution in [0.3, 0.4) is 0 Å². The molecule has 5 nitrogen and oxygen atoms in total. The van der Waals surface area contributed by atoms with Gasteiger partial charge in [-0.3, -0.25) is 9.36 Å². The van der Waals surface area contributed by atoms with Gasteiger partial charge < -0.3 is 4.98 Å². The Hall–Kier alpha value is -1.47. The first-order valence-electron chi connectivity index (χ1n) is 4.85. The van der Waals surface area contributed by atoms with Crippen molar-refractivity contribution in [1.29, 1.82) is 0 Å². The second-order valence-electron chi connectivity index (χ2n) is 3.51. The Labute approximate surface area is 108 Å². The zero-order chi connectivity index (χ0) is 11.8. The third kappa shape index (κ3) is 1.91. The molecular weight excluding hydrogens is 304 g/mol. The number of hydrogen-bond donors (Lipinski definition) is 1. The van der Waals surface area contributed by atoms with Gasteiger partial charge >= 0.3 is 0 Å². The molecule has 0 bridgehead atoms. The molecule has 3 aromatic heterocycles. The highest BCUT2D eigenvalue weighted by molar-refractivity contribution is 9.10. The van der Waals surface area contributed by atoms with Crippen LogP contribution in [0.15, 0.2) is 33.4 Å². The quantitative estimate of drug-likeness (QED) is 0.787. The van der Waals surface area contributed by atoms with Gasteiger partial charge in [-0.05, 0) is 22.0 Å². The summed E-state index contributed by atoms with van der Waals surface area (Å²) in [6.07, 6.45) is 3.00. The van der Waals surface area contributed by atoms with Gasteiger partial charge in [0.1, 0.15) is 6.33 Å². The number of hydrogen-bond acceptors (Lipinski definition) is 4. The maximum absolute atomic E-state index is 12.0. The van der Waals surface area contributed by atoms with Crippen molar-refractivity contribution in [2.24, 2.45) is 0 Å². The van der Waals surface area contributed by atoms with Crippen LogP contribution in [0, 0.1) is 0 Å². The summed E-state index contributed by atoms with van der Waals surface area (Å²) in [7, 11) is 0. The molecule has 0 aliphatic heterocycles. The molecule has 0 aromatic carbocycles. The van der Waals surface area contributed by atoms with Crippen molar-refractivity contribution in [3.05, 3.63) is 43.8 Å². The van der Waals surface area contributed by atoms with Gasteiger partial charge in [0.05, 0.1) is 12.9 Å². The molecule has 3 heterocycles. The van der Waals surface area contributed by atoms with E-state index in [4.69, 9.17) is 0 Å². The fourth-order valence-corrected chi connectivity index (χ4v) is 3.03. The second-order valence-corrected chi connectivity index (χ2v) is 5.42. The average Bonchev–Trinajstić information content (AvgIpc) is 2.92. The first kappa shape index (κ1) is 10.7. The van der Waals surface area contributed by atoms with Gasteiger partial charge in [-0.25, -0.2) is 9.97 Å². The lowest BCUT2D eigenvalue weighted by atomic mass is 10.4. The van der Waals surface area contributed by atoms with Crippen LogP contribution in [-0.4, -0.2) is 19.5 Å². The van der Waals surface area contributed by atoms with Crippen LogP contribution in [0.25, 0.3) is 11.2 Å². The topological polar surface area (TPSA) is 63.6 Å². The number of H-pyrrole nitrogens is 1. The third-order valence-corrected chi connectivity index (χ3v) is 4.04. The number of imidazole rings is 1. The van der Waals surface area contributed by atoms with E-state index in [0.29, 0.717) is 17.7 Å². The van der Waals surface area contributed by atoms with Gasteiger partial charge in [-0.1, -0.05) is 0 Å². The number of thiophene rings is 1. The second kappa shape index (κ2) is 4.08. The number of nitrogens with zero attached hydrogens (tertiary/aromatic N) is 3. The maximum Gasteiger partial charge on any atom is 0.279 e. The highest BCUT2D eigenvalue weighted by atomic mass is 79.9. The van der Waals surface area contributed by atoms with Gasteiger partial charge in [0, 0.05) is 14.7 Å². The van der Waals surface area contributed by atoms with Crippen molar-refractivity contribution >= 4 is 38.4 Å². The summed E-state index contributed by atoms with van der Waals surface area (Å²) in [5.74, 6) is 0. The first-order valence-corrected chi connectivity index (χ1v) is 6.53. The lowest BCUT2D eigenvalue weighted by molar-refractivity contribution is 0.756. The molecule has 0 saturated carbocycles. The van der Waals surface area contributed by atoms with E-state index in [1.165, 1.54) is 12.7 Å². The number of halogens is 1. The van der Waals surface area contributed by atoms with Crippen LogP contribution < -0.4 is 5.56 Å². The van der Waals surface area contributed by atoms with E-state index in [1.807, 2.05) is 11.4 Å². The fraction of sp³-hybridized carbons (Fsp3) is 0.100. The van der Waals surface area contributed by atoms with Crippen molar-refractivity contribution in [3.8, 4) is 0 Å². The van der Waals surface area contributed by atoms with Gasteiger partial charge in [-0.15, -0.1) is 11.3 Å². The van der Waals surface area contributed by atoms with Gasteiger partial charge in [0.2, 0.25) is 0 Å². The van der Waals surface area contributed by atoms with Crippen LogP contribution in [0.1, 0.15) is 4.88 Å². The van der Waals surface area contributed by atoms with Crippen LogP contribution in [0.5, 0.6) is 0 Å². The summed E-state index contributed by atoms with van der Waals surface area (Å²) >= 11 is 4.99. The molecule has 86 valence electrons. The lowest BCUT2D eigenvalue weighted by Crippen LogP contribution is -2.20. The molecule has 3 rings (SSSR count). The smallest absolute Gasteiger partial charge is 0.279 e. The van der Waals surface area contributed by atoms with Crippen molar-refractivity contribution in [2.45, 2.75) is 6.54 Å². The zero-order valence-electron chi connectivity index (χ0n) is 8.55.